The lowest BCUT2D eigenvalue weighted by Crippen LogP contribution is -2.19. The summed E-state index contributed by atoms with van der Waals surface area (Å²) in [6.07, 6.45) is 0. The first kappa shape index (κ1) is 19.5. The fourth-order valence-electron chi connectivity index (χ4n) is 2.20. The van der Waals surface area contributed by atoms with Gasteiger partial charge in [-0.25, -0.2) is 4.79 Å². The van der Waals surface area contributed by atoms with Gasteiger partial charge in [0.05, 0.1) is 12.8 Å². The van der Waals surface area contributed by atoms with Crippen LogP contribution in [0.4, 0.5) is 0 Å². The van der Waals surface area contributed by atoms with Gasteiger partial charge < -0.3 is 14.4 Å². The highest BCUT2D eigenvalue weighted by atomic mass is 35.5. The molecule has 0 unspecified atom stereocenters. The van der Waals surface area contributed by atoms with Crippen molar-refractivity contribution >= 4 is 29.0 Å². The van der Waals surface area contributed by atoms with Crippen LogP contribution in [0.25, 0.3) is 0 Å². The monoisotopic (exact) mass is 374 g/mol. The lowest BCUT2D eigenvalue weighted by molar-refractivity contribution is -0.132. The number of ether oxygens (including phenoxy) is 1. The number of carbonyl (C=O) groups is 1. The van der Waals surface area contributed by atoms with Crippen molar-refractivity contribution < 1.29 is 19.2 Å². The molecule has 0 saturated carbocycles. The molecule has 7 heteroatoms. The number of rotatable bonds is 7. The van der Waals surface area contributed by atoms with Crippen molar-refractivity contribution in [3.8, 4) is 0 Å². The van der Waals surface area contributed by atoms with Crippen molar-refractivity contribution in [2.24, 2.45) is 10.3 Å². The summed E-state index contributed by atoms with van der Waals surface area (Å²) in [5.41, 5.74) is 2.95. The number of benzene rings is 2. The van der Waals surface area contributed by atoms with E-state index in [1.807, 2.05) is 31.2 Å². The third-order valence-corrected chi connectivity index (χ3v) is 3.77. The van der Waals surface area contributed by atoms with Crippen LogP contribution in [-0.4, -0.2) is 31.6 Å². The second-order valence-electron chi connectivity index (χ2n) is 5.23. The molecule has 0 N–H and O–H groups in total. The predicted molar refractivity (Wildman–Crippen MR) is 100 cm³/mol. The standard InChI is InChI=1S/C19H19ClN2O4/c1-13(14-8-10-16(20)11-9-14)21-26-12-15-6-4-5-7-17(15)18(22-25-3)19(23)24-2/h4-11H,12H2,1-3H3/b21-13+,22-18+. The molecule has 2 aromatic rings. The van der Waals surface area contributed by atoms with Gasteiger partial charge in [0.1, 0.15) is 13.7 Å². The molecule has 0 amide bonds. The van der Waals surface area contributed by atoms with Crippen molar-refractivity contribution in [1.29, 1.82) is 0 Å². The van der Waals surface area contributed by atoms with Gasteiger partial charge in [0.2, 0.25) is 0 Å². The van der Waals surface area contributed by atoms with Crippen LogP contribution in [0.1, 0.15) is 23.6 Å². The van der Waals surface area contributed by atoms with Gasteiger partial charge in [0, 0.05) is 16.1 Å². The van der Waals surface area contributed by atoms with E-state index in [1.54, 1.807) is 24.3 Å². The number of hydrogen-bond acceptors (Lipinski definition) is 6. The number of nitrogens with zero attached hydrogens (tertiary/aromatic N) is 2. The summed E-state index contributed by atoms with van der Waals surface area (Å²) in [5.74, 6) is -0.597. The Morgan fingerprint density at radius 3 is 2.38 bits per heavy atom. The lowest BCUT2D eigenvalue weighted by atomic mass is 10.0. The van der Waals surface area contributed by atoms with E-state index in [2.05, 4.69) is 10.3 Å². The van der Waals surface area contributed by atoms with Crippen LogP contribution in [0.3, 0.4) is 0 Å². The molecular weight excluding hydrogens is 356 g/mol. The Labute approximate surface area is 157 Å². The van der Waals surface area contributed by atoms with Gasteiger partial charge >= 0.3 is 5.97 Å². The second kappa shape index (κ2) is 9.58. The molecule has 0 aromatic heterocycles. The maximum atomic E-state index is 11.9. The molecule has 6 nitrogen and oxygen atoms in total. The molecule has 0 saturated heterocycles. The van der Waals surface area contributed by atoms with Crippen molar-refractivity contribution in [3.05, 3.63) is 70.2 Å². The normalized spacial score (nSPS) is 11.8. The number of hydrogen-bond donors (Lipinski definition) is 0. The molecule has 0 bridgehead atoms. The van der Waals surface area contributed by atoms with E-state index in [0.717, 1.165) is 11.1 Å². The first-order chi connectivity index (χ1) is 12.6. The van der Waals surface area contributed by atoms with Crippen LogP contribution in [-0.2, 0) is 25.8 Å². The second-order valence-corrected chi connectivity index (χ2v) is 5.66. The van der Waals surface area contributed by atoms with Gasteiger partial charge in [-0.15, -0.1) is 0 Å². The lowest BCUT2D eigenvalue weighted by Gasteiger charge is -2.10. The average molecular weight is 375 g/mol. The van der Waals surface area contributed by atoms with Gasteiger partial charge in [-0.05, 0) is 24.6 Å². The highest BCUT2D eigenvalue weighted by Gasteiger charge is 2.19. The summed E-state index contributed by atoms with van der Waals surface area (Å²) in [4.78, 5) is 22.1. The zero-order valence-electron chi connectivity index (χ0n) is 14.7. The summed E-state index contributed by atoms with van der Waals surface area (Å²) in [7, 11) is 2.65. The number of oxime groups is 2. The number of carbonyl (C=O) groups excluding carboxylic acids is 1. The third kappa shape index (κ3) is 5.07. The van der Waals surface area contributed by atoms with Crippen molar-refractivity contribution in [2.45, 2.75) is 13.5 Å². The van der Waals surface area contributed by atoms with Gasteiger partial charge in [-0.1, -0.05) is 58.3 Å². The predicted octanol–water partition coefficient (Wildman–Crippen LogP) is 3.80. The summed E-state index contributed by atoms with van der Waals surface area (Å²) < 4.78 is 4.76. The molecule has 0 aliphatic heterocycles. The summed E-state index contributed by atoms with van der Waals surface area (Å²) in [6.45, 7) is 1.99. The number of esters is 1. The van der Waals surface area contributed by atoms with E-state index >= 15 is 0 Å². The minimum Gasteiger partial charge on any atom is -0.464 e. The summed E-state index contributed by atoms with van der Waals surface area (Å²) in [5, 5.41) is 8.54. The molecule has 0 heterocycles. The average Bonchev–Trinajstić information content (AvgIpc) is 2.66. The SMILES string of the molecule is CO/N=C(/C(=O)OC)c1ccccc1CO/N=C(\C)c1ccc(Cl)cc1. The Hall–Kier alpha value is -2.86. The molecule has 0 atom stereocenters. The van der Waals surface area contributed by atoms with E-state index in [0.29, 0.717) is 16.3 Å². The van der Waals surface area contributed by atoms with Crippen molar-refractivity contribution in [3.63, 3.8) is 0 Å². The van der Waals surface area contributed by atoms with E-state index in [4.69, 9.17) is 26.0 Å². The fraction of sp³-hybridized carbons (Fsp3) is 0.211. The largest absolute Gasteiger partial charge is 0.464 e. The third-order valence-electron chi connectivity index (χ3n) is 3.52. The van der Waals surface area contributed by atoms with Gasteiger partial charge in [-0.3, -0.25) is 0 Å². The molecular formula is C19H19ClN2O4. The van der Waals surface area contributed by atoms with Crippen LogP contribution in [0.2, 0.25) is 5.02 Å². The fourth-order valence-corrected chi connectivity index (χ4v) is 2.33. The highest BCUT2D eigenvalue weighted by Crippen LogP contribution is 2.14. The molecule has 2 aromatic carbocycles. The zero-order chi connectivity index (χ0) is 18.9. The van der Waals surface area contributed by atoms with Crippen LogP contribution >= 0.6 is 11.6 Å². The van der Waals surface area contributed by atoms with Crippen LogP contribution in [0, 0.1) is 0 Å². The summed E-state index contributed by atoms with van der Waals surface area (Å²) in [6, 6.07) is 14.5. The highest BCUT2D eigenvalue weighted by molar-refractivity contribution is 6.43. The maximum Gasteiger partial charge on any atom is 0.360 e. The molecule has 0 aliphatic rings. The quantitative estimate of drug-likeness (QED) is 0.420. The van der Waals surface area contributed by atoms with Crippen molar-refractivity contribution in [2.75, 3.05) is 14.2 Å². The van der Waals surface area contributed by atoms with Crippen LogP contribution in [0.5, 0.6) is 0 Å². The Morgan fingerprint density at radius 2 is 1.73 bits per heavy atom. The minimum atomic E-state index is -0.597. The first-order valence-electron chi connectivity index (χ1n) is 7.77. The minimum absolute atomic E-state index is 0.0626. The van der Waals surface area contributed by atoms with E-state index in [9.17, 15) is 4.79 Å². The Kier molecular flexibility index (Phi) is 7.17. The molecule has 2 rings (SSSR count). The van der Waals surface area contributed by atoms with Crippen molar-refractivity contribution in [1.82, 2.24) is 0 Å². The Bertz CT molecular complexity index is 817. The van der Waals surface area contributed by atoms with E-state index in [-0.39, 0.29) is 12.3 Å². The topological polar surface area (TPSA) is 69.5 Å². The Balaban J connectivity index is 2.17. The van der Waals surface area contributed by atoms with E-state index in [1.165, 1.54) is 14.2 Å². The maximum absolute atomic E-state index is 11.9. The summed E-state index contributed by atoms with van der Waals surface area (Å²) >= 11 is 5.88. The van der Waals surface area contributed by atoms with Crippen LogP contribution in [0.15, 0.2) is 58.8 Å². The number of methoxy groups -OCH3 is 1. The first-order valence-corrected chi connectivity index (χ1v) is 8.14. The van der Waals surface area contributed by atoms with Gasteiger partial charge in [0.15, 0.2) is 5.71 Å². The molecule has 0 aliphatic carbocycles. The molecule has 0 fully saturated rings. The van der Waals surface area contributed by atoms with E-state index < -0.39 is 5.97 Å². The van der Waals surface area contributed by atoms with Gasteiger partial charge in [-0.2, -0.15) is 0 Å². The molecule has 26 heavy (non-hydrogen) atoms. The smallest absolute Gasteiger partial charge is 0.360 e. The zero-order valence-corrected chi connectivity index (χ0v) is 15.5. The Morgan fingerprint density at radius 1 is 1.04 bits per heavy atom. The molecule has 0 spiro atoms. The number of halogens is 1. The molecule has 136 valence electrons. The van der Waals surface area contributed by atoms with Crippen LogP contribution < -0.4 is 0 Å². The van der Waals surface area contributed by atoms with Gasteiger partial charge in [0.25, 0.3) is 0 Å². The molecule has 0 radical (unpaired) electrons.